The fourth-order valence-corrected chi connectivity index (χ4v) is 7.95. The maximum atomic E-state index is 14.7. The van der Waals surface area contributed by atoms with E-state index in [-0.39, 0.29) is 30.4 Å². The number of hydrogen-bond donors (Lipinski definition) is 2. The zero-order chi connectivity index (χ0) is 25.8. The summed E-state index contributed by atoms with van der Waals surface area (Å²) in [5.74, 6) is -0.626. The molecule has 0 aliphatic carbocycles. The number of hydrogen-bond acceptors (Lipinski definition) is 6. The van der Waals surface area contributed by atoms with Crippen LogP contribution < -0.4 is 20.1 Å². The number of ketones is 1. The van der Waals surface area contributed by atoms with Crippen LogP contribution in [-0.4, -0.2) is 41.9 Å². The van der Waals surface area contributed by atoms with Gasteiger partial charge in [0.1, 0.15) is 11.0 Å². The Hall–Kier alpha value is -3.88. The van der Waals surface area contributed by atoms with Crippen LogP contribution in [0.2, 0.25) is 5.02 Å². The molecule has 190 valence electrons. The second-order valence-electron chi connectivity index (χ2n) is 10.5. The predicted molar refractivity (Wildman–Crippen MR) is 139 cm³/mol. The molecule has 4 atom stereocenters. The van der Waals surface area contributed by atoms with Gasteiger partial charge < -0.3 is 20.1 Å². The van der Waals surface area contributed by atoms with Crippen molar-refractivity contribution in [3.8, 4) is 11.5 Å². The van der Waals surface area contributed by atoms with E-state index >= 15 is 0 Å². The van der Waals surface area contributed by atoms with Gasteiger partial charge >= 0.3 is 0 Å². The van der Waals surface area contributed by atoms with Gasteiger partial charge in [0.25, 0.3) is 5.91 Å². The third-order valence-electron chi connectivity index (χ3n) is 9.00. The van der Waals surface area contributed by atoms with Gasteiger partial charge in [0.15, 0.2) is 17.3 Å². The zero-order valence-corrected chi connectivity index (χ0v) is 20.9. The predicted octanol–water partition coefficient (Wildman–Crippen LogP) is 4.08. The molecule has 2 saturated heterocycles. The molecule has 0 bridgehead atoms. The average Bonchev–Trinajstić information content (AvgIpc) is 3.71. The third kappa shape index (κ3) is 2.39. The van der Waals surface area contributed by atoms with Gasteiger partial charge in [-0.05, 0) is 67.4 Å². The lowest BCUT2D eigenvalue weighted by atomic mass is 9.57. The SMILES string of the molecule is O=C(c1ccc2c(c1)OCO2)[C@@H]1[C@@H]2CCCN2[C@]2(C(=O)Nc3ccc(Cl)cc32)[C@@]12C(=O)Nc1ccccc12. The quantitative estimate of drug-likeness (QED) is 0.487. The van der Waals surface area contributed by atoms with Gasteiger partial charge in [-0.2, -0.15) is 0 Å². The number of para-hydroxylation sites is 1. The minimum Gasteiger partial charge on any atom is -0.454 e. The van der Waals surface area contributed by atoms with Crippen LogP contribution in [0, 0.1) is 5.92 Å². The fraction of sp³-hybridized carbons (Fsp3) is 0.276. The summed E-state index contributed by atoms with van der Waals surface area (Å²) < 4.78 is 11.0. The standard InChI is InChI=1S/C29H22ClN3O5/c30-16-8-9-20-18(13-16)29(27(36)32-20)28(17-4-1-2-5-19(17)31-26(28)35)24(21-6-3-11-33(21)29)25(34)15-7-10-22-23(12-15)38-14-37-22/h1-2,4-5,7-10,12-13,21,24H,3,6,11,14H2,(H,31,35)(H,32,36)/t21-,24-,28+,29+/m0/s1. The number of benzene rings is 3. The largest absolute Gasteiger partial charge is 0.454 e. The van der Waals surface area contributed by atoms with Crippen LogP contribution in [0.5, 0.6) is 11.5 Å². The third-order valence-corrected chi connectivity index (χ3v) is 9.23. The Bertz CT molecular complexity index is 1610. The van der Waals surface area contributed by atoms with Crippen molar-refractivity contribution in [3.05, 3.63) is 82.4 Å². The molecule has 0 saturated carbocycles. The van der Waals surface area contributed by atoms with Gasteiger partial charge in [-0.1, -0.05) is 29.8 Å². The number of rotatable bonds is 2. The van der Waals surface area contributed by atoms with E-state index in [1.165, 1.54) is 0 Å². The summed E-state index contributed by atoms with van der Waals surface area (Å²) in [7, 11) is 0. The topological polar surface area (TPSA) is 97.0 Å². The van der Waals surface area contributed by atoms with Crippen molar-refractivity contribution < 1.29 is 23.9 Å². The molecule has 3 aromatic rings. The molecule has 0 aromatic heterocycles. The summed E-state index contributed by atoms with van der Waals surface area (Å²) in [5.41, 5.74) is -0.0209. The summed E-state index contributed by atoms with van der Waals surface area (Å²) in [5, 5.41) is 6.54. The molecule has 5 aliphatic rings. The molecule has 38 heavy (non-hydrogen) atoms. The summed E-state index contributed by atoms with van der Waals surface area (Å²) in [4.78, 5) is 45.6. The highest BCUT2D eigenvalue weighted by atomic mass is 35.5. The van der Waals surface area contributed by atoms with Gasteiger partial charge in [0.05, 0.1) is 5.92 Å². The molecule has 2 N–H and O–H groups in total. The fourth-order valence-electron chi connectivity index (χ4n) is 7.78. The van der Waals surface area contributed by atoms with E-state index < -0.39 is 16.9 Å². The Balaban J connectivity index is 1.45. The first-order chi connectivity index (χ1) is 18.5. The van der Waals surface area contributed by atoms with E-state index in [0.29, 0.717) is 57.6 Å². The maximum Gasteiger partial charge on any atom is 0.251 e. The van der Waals surface area contributed by atoms with Crippen molar-refractivity contribution >= 4 is 40.6 Å². The maximum absolute atomic E-state index is 14.7. The smallest absolute Gasteiger partial charge is 0.251 e. The van der Waals surface area contributed by atoms with E-state index in [9.17, 15) is 14.4 Å². The molecule has 8 rings (SSSR count). The number of halogens is 1. The Morgan fingerprint density at radius 1 is 0.921 bits per heavy atom. The van der Waals surface area contributed by atoms with Crippen LogP contribution in [0.25, 0.3) is 0 Å². The molecule has 0 radical (unpaired) electrons. The van der Waals surface area contributed by atoms with E-state index in [1.807, 2.05) is 24.3 Å². The molecule has 2 spiro atoms. The molecule has 3 aromatic carbocycles. The second-order valence-corrected chi connectivity index (χ2v) is 10.9. The number of anilines is 2. The minimum atomic E-state index is -1.51. The zero-order valence-electron chi connectivity index (χ0n) is 20.1. The average molecular weight is 528 g/mol. The summed E-state index contributed by atoms with van der Waals surface area (Å²) in [6, 6.07) is 17.4. The highest BCUT2D eigenvalue weighted by molar-refractivity contribution is 6.31. The number of fused-ring (bicyclic) bond motifs is 8. The van der Waals surface area contributed by atoms with Crippen molar-refractivity contribution in [2.75, 3.05) is 24.0 Å². The first kappa shape index (κ1) is 22.1. The number of Topliss-reactive ketones (excluding diaryl/α,β-unsaturated/α-hetero) is 1. The molecular weight excluding hydrogens is 506 g/mol. The van der Waals surface area contributed by atoms with Gasteiger partial charge in [0.2, 0.25) is 12.7 Å². The van der Waals surface area contributed by atoms with Crippen molar-refractivity contribution in [1.29, 1.82) is 0 Å². The number of ether oxygens (including phenoxy) is 2. The van der Waals surface area contributed by atoms with Crippen LogP contribution >= 0.6 is 11.6 Å². The van der Waals surface area contributed by atoms with Crippen molar-refractivity contribution in [3.63, 3.8) is 0 Å². The van der Waals surface area contributed by atoms with Crippen LogP contribution in [-0.2, 0) is 20.5 Å². The number of carbonyl (C=O) groups is 3. The number of nitrogens with zero attached hydrogens (tertiary/aromatic N) is 1. The minimum absolute atomic E-state index is 0.0906. The molecule has 9 heteroatoms. The van der Waals surface area contributed by atoms with Crippen molar-refractivity contribution in [1.82, 2.24) is 4.90 Å². The second kappa shape index (κ2) is 7.36. The van der Waals surface area contributed by atoms with Gasteiger partial charge in [-0.15, -0.1) is 0 Å². The number of carbonyl (C=O) groups excluding carboxylic acids is 3. The van der Waals surface area contributed by atoms with Gasteiger partial charge in [-0.3, -0.25) is 19.3 Å². The van der Waals surface area contributed by atoms with Crippen molar-refractivity contribution in [2.45, 2.75) is 29.8 Å². The summed E-state index contributed by atoms with van der Waals surface area (Å²) in [6.07, 6.45) is 1.49. The Morgan fingerprint density at radius 3 is 2.61 bits per heavy atom. The number of nitrogens with one attached hydrogen (secondary N) is 2. The lowest BCUT2D eigenvalue weighted by molar-refractivity contribution is -0.137. The summed E-state index contributed by atoms with van der Waals surface area (Å²) in [6.45, 7) is 0.666. The Morgan fingerprint density at radius 2 is 1.71 bits per heavy atom. The first-order valence-electron chi connectivity index (χ1n) is 12.7. The summed E-state index contributed by atoms with van der Waals surface area (Å²) >= 11 is 6.51. The molecule has 8 nitrogen and oxygen atoms in total. The van der Waals surface area contributed by atoms with E-state index in [1.54, 1.807) is 36.4 Å². The van der Waals surface area contributed by atoms with Gasteiger partial charge in [0, 0.05) is 33.6 Å². The van der Waals surface area contributed by atoms with Crippen LogP contribution in [0.15, 0.2) is 60.7 Å². The van der Waals surface area contributed by atoms with Crippen LogP contribution in [0.1, 0.15) is 34.3 Å². The van der Waals surface area contributed by atoms with Crippen molar-refractivity contribution in [2.24, 2.45) is 5.92 Å². The molecule has 5 aliphatic heterocycles. The molecule has 0 unspecified atom stereocenters. The highest BCUT2D eigenvalue weighted by Gasteiger charge is 2.81. The van der Waals surface area contributed by atoms with Gasteiger partial charge in [-0.25, -0.2) is 0 Å². The molecular formula is C29H22ClN3O5. The highest BCUT2D eigenvalue weighted by Crippen LogP contribution is 2.68. The lowest BCUT2D eigenvalue weighted by Crippen LogP contribution is -2.62. The molecule has 2 fully saturated rings. The van der Waals surface area contributed by atoms with E-state index in [4.69, 9.17) is 21.1 Å². The normalized spacial score (nSPS) is 29.9. The number of amides is 2. The first-order valence-corrected chi connectivity index (χ1v) is 13.1. The monoisotopic (exact) mass is 527 g/mol. The molecule has 2 amide bonds. The molecule has 5 heterocycles. The van der Waals surface area contributed by atoms with Crippen LogP contribution in [0.3, 0.4) is 0 Å². The Kier molecular flexibility index (Phi) is 4.29. The Labute approximate surface area is 222 Å². The van der Waals surface area contributed by atoms with Crippen LogP contribution in [0.4, 0.5) is 11.4 Å². The van der Waals surface area contributed by atoms with E-state index in [2.05, 4.69) is 15.5 Å². The van der Waals surface area contributed by atoms with E-state index in [0.717, 1.165) is 6.42 Å². The lowest BCUT2D eigenvalue weighted by Gasteiger charge is -2.43.